The molecule has 6 nitrogen and oxygen atoms in total. The van der Waals surface area contributed by atoms with Gasteiger partial charge in [0, 0.05) is 24.5 Å². The summed E-state index contributed by atoms with van der Waals surface area (Å²) in [5.41, 5.74) is 1.79. The smallest absolute Gasteiger partial charge is 0.305 e. The van der Waals surface area contributed by atoms with Gasteiger partial charge in [-0.1, -0.05) is 23.7 Å². The fourth-order valence-electron chi connectivity index (χ4n) is 4.00. The van der Waals surface area contributed by atoms with Crippen molar-refractivity contribution in [2.24, 2.45) is 0 Å². The van der Waals surface area contributed by atoms with Crippen LogP contribution in [0.2, 0.25) is 5.02 Å². The van der Waals surface area contributed by atoms with E-state index in [1.165, 1.54) is 10.4 Å². The highest BCUT2D eigenvalue weighted by Crippen LogP contribution is 2.41. The lowest BCUT2D eigenvalue weighted by atomic mass is 9.86. The van der Waals surface area contributed by atoms with Gasteiger partial charge in [-0.3, -0.25) is 4.79 Å². The molecule has 1 aromatic carbocycles. The molecule has 0 bridgehead atoms. The SMILES string of the molecule is CCOC(=O)CCCNC1C2=CCCCC2N(C)S(=O)(=O)c2cc(Cl)ccc21. The van der Waals surface area contributed by atoms with E-state index in [4.69, 9.17) is 16.3 Å². The van der Waals surface area contributed by atoms with Crippen LogP contribution in [0.3, 0.4) is 0 Å². The number of fused-ring (bicyclic) bond motifs is 2. The molecular formula is C20H27ClN2O4S. The third-order valence-electron chi connectivity index (χ3n) is 5.37. The Labute approximate surface area is 171 Å². The maximum absolute atomic E-state index is 13.2. The summed E-state index contributed by atoms with van der Waals surface area (Å²) in [6.07, 6.45) is 5.81. The van der Waals surface area contributed by atoms with Gasteiger partial charge in [0.1, 0.15) is 0 Å². The van der Waals surface area contributed by atoms with Crippen molar-refractivity contribution < 1.29 is 17.9 Å². The lowest BCUT2D eigenvalue weighted by molar-refractivity contribution is -0.143. The summed E-state index contributed by atoms with van der Waals surface area (Å²) in [7, 11) is -1.99. The summed E-state index contributed by atoms with van der Waals surface area (Å²) in [5.74, 6) is -0.214. The van der Waals surface area contributed by atoms with Gasteiger partial charge in [-0.25, -0.2) is 8.42 Å². The van der Waals surface area contributed by atoms with Gasteiger partial charge in [-0.15, -0.1) is 0 Å². The Morgan fingerprint density at radius 1 is 1.39 bits per heavy atom. The molecule has 0 saturated heterocycles. The Morgan fingerprint density at radius 3 is 2.93 bits per heavy atom. The van der Waals surface area contributed by atoms with Gasteiger partial charge in [0.15, 0.2) is 0 Å². The second kappa shape index (κ2) is 8.95. The number of halogens is 1. The average molecular weight is 427 g/mol. The van der Waals surface area contributed by atoms with E-state index in [-0.39, 0.29) is 22.9 Å². The molecule has 2 atom stereocenters. The second-order valence-electron chi connectivity index (χ2n) is 7.15. The predicted octanol–water partition coefficient (Wildman–Crippen LogP) is 3.43. The van der Waals surface area contributed by atoms with Crippen LogP contribution in [-0.4, -0.2) is 44.9 Å². The monoisotopic (exact) mass is 426 g/mol. The van der Waals surface area contributed by atoms with Gasteiger partial charge in [0.05, 0.1) is 17.5 Å². The van der Waals surface area contributed by atoms with E-state index < -0.39 is 10.0 Å². The Balaban J connectivity index is 1.92. The first kappa shape index (κ1) is 21.3. The number of likely N-dealkylation sites (N-methyl/N-ethyl adjacent to an activating group) is 1. The molecule has 1 heterocycles. The zero-order valence-corrected chi connectivity index (χ0v) is 17.9. The van der Waals surface area contributed by atoms with E-state index in [1.54, 1.807) is 26.1 Å². The van der Waals surface area contributed by atoms with Crippen molar-refractivity contribution in [2.75, 3.05) is 20.2 Å². The Hall–Kier alpha value is -1.41. The van der Waals surface area contributed by atoms with Crippen LogP contribution in [0.5, 0.6) is 0 Å². The molecule has 1 aromatic rings. The molecule has 28 heavy (non-hydrogen) atoms. The summed E-state index contributed by atoms with van der Waals surface area (Å²) in [5, 5.41) is 3.88. The molecule has 0 radical (unpaired) electrons. The van der Waals surface area contributed by atoms with Gasteiger partial charge in [0.25, 0.3) is 0 Å². The third kappa shape index (κ3) is 4.27. The van der Waals surface area contributed by atoms with Crippen molar-refractivity contribution in [3.63, 3.8) is 0 Å². The third-order valence-corrected chi connectivity index (χ3v) is 7.53. The normalized spacial score (nSPS) is 23.9. The number of ether oxygens (including phenoxy) is 1. The van der Waals surface area contributed by atoms with Crippen LogP contribution in [0, 0.1) is 0 Å². The Bertz CT molecular complexity index is 869. The molecule has 2 unspecified atom stereocenters. The summed E-state index contributed by atoms with van der Waals surface area (Å²) in [6.45, 7) is 2.75. The van der Waals surface area contributed by atoms with Gasteiger partial charge in [0.2, 0.25) is 10.0 Å². The van der Waals surface area contributed by atoms with Crippen LogP contribution in [0.1, 0.15) is 50.6 Å². The zero-order chi connectivity index (χ0) is 20.3. The minimum absolute atomic E-state index is 0.174. The summed E-state index contributed by atoms with van der Waals surface area (Å²) < 4.78 is 32.9. The molecule has 0 amide bonds. The number of carbonyl (C=O) groups excluding carboxylic acids is 1. The average Bonchev–Trinajstić information content (AvgIpc) is 2.73. The highest BCUT2D eigenvalue weighted by molar-refractivity contribution is 7.89. The minimum Gasteiger partial charge on any atom is -0.466 e. The second-order valence-corrected chi connectivity index (χ2v) is 9.55. The number of carbonyl (C=O) groups is 1. The quantitative estimate of drug-likeness (QED) is 0.428. The molecule has 0 spiro atoms. The molecule has 0 saturated carbocycles. The highest BCUT2D eigenvalue weighted by Gasteiger charge is 2.41. The molecular weight excluding hydrogens is 400 g/mol. The molecule has 2 aliphatic rings. The Kier molecular flexibility index (Phi) is 6.81. The van der Waals surface area contributed by atoms with Crippen molar-refractivity contribution in [3.05, 3.63) is 40.4 Å². The number of sulfonamides is 1. The number of hydrogen-bond acceptors (Lipinski definition) is 5. The standard InChI is InChI=1S/C20H27ClN2O4S/c1-3-27-19(24)9-6-12-22-20-15-7-4-5-8-17(15)23(2)28(25,26)18-13-14(21)10-11-16(18)20/h7,10-11,13,17,20,22H,3-6,8-9,12H2,1-2H3. The topological polar surface area (TPSA) is 75.7 Å². The maximum Gasteiger partial charge on any atom is 0.305 e. The first-order valence-corrected chi connectivity index (χ1v) is 11.5. The Morgan fingerprint density at radius 2 is 2.18 bits per heavy atom. The van der Waals surface area contributed by atoms with Gasteiger partial charge in [-0.2, -0.15) is 4.31 Å². The van der Waals surface area contributed by atoms with Crippen molar-refractivity contribution in [1.82, 2.24) is 9.62 Å². The molecule has 1 aliphatic heterocycles. The molecule has 154 valence electrons. The van der Waals surface area contributed by atoms with Crippen LogP contribution in [0.15, 0.2) is 34.7 Å². The maximum atomic E-state index is 13.2. The number of nitrogens with zero attached hydrogens (tertiary/aromatic N) is 1. The van der Waals surface area contributed by atoms with E-state index >= 15 is 0 Å². The number of nitrogens with one attached hydrogen (secondary N) is 1. The number of hydrogen-bond donors (Lipinski definition) is 1. The number of allylic oxidation sites excluding steroid dienone is 1. The van der Waals surface area contributed by atoms with E-state index in [0.29, 0.717) is 36.6 Å². The molecule has 1 aliphatic carbocycles. The van der Waals surface area contributed by atoms with Crippen LogP contribution in [0.25, 0.3) is 0 Å². The highest BCUT2D eigenvalue weighted by atomic mass is 35.5. The first-order chi connectivity index (χ1) is 13.4. The van der Waals surface area contributed by atoms with Crippen molar-refractivity contribution in [1.29, 1.82) is 0 Å². The molecule has 1 N–H and O–H groups in total. The lowest BCUT2D eigenvalue weighted by Crippen LogP contribution is -2.40. The van der Waals surface area contributed by atoms with Gasteiger partial charge >= 0.3 is 5.97 Å². The van der Waals surface area contributed by atoms with E-state index in [1.807, 2.05) is 0 Å². The van der Waals surface area contributed by atoms with Gasteiger partial charge in [-0.05, 0) is 62.4 Å². The van der Waals surface area contributed by atoms with Crippen molar-refractivity contribution in [2.45, 2.75) is 56.0 Å². The van der Waals surface area contributed by atoms with Crippen LogP contribution >= 0.6 is 11.6 Å². The predicted molar refractivity (Wildman–Crippen MR) is 109 cm³/mol. The number of benzene rings is 1. The summed E-state index contributed by atoms with van der Waals surface area (Å²) in [6, 6.07) is 4.66. The molecule has 0 fully saturated rings. The fraction of sp³-hybridized carbons (Fsp3) is 0.550. The van der Waals surface area contributed by atoms with E-state index in [0.717, 1.165) is 24.8 Å². The van der Waals surface area contributed by atoms with Crippen LogP contribution < -0.4 is 5.32 Å². The molecule has 3 rings (SSSR count). The van der Waals surface area contributed by atoms with Gasteiger partial charge < -0.3 is 10.1 Å². The lowest BCUT2D eigenvalue weighted by Gasteiger charge is -2.33. The summed E-state index contributed by atoms with van der Waals surface area (Å²) in [4.78, 5) is 11.8. The van der Waals surface area contributed by atoms with Crippen molar-refractivity contribution >= 4 is 27.6 Å². The number of rotatable bonds is 6. The minimum atomic E-state index is -3.64. The fourth-order valence-corrected chi connectivity index (χ4v) is 5.87. The van der Waals surface area contributed by atoms with Crippen LogP contribution in [-0.2, 0) is 19.6 Å². The zero-order valence-electron chi connectivity index (χ0n) is 16.3. The molecule has 8 heteroatoms. The van der Waals surface area contributed by atoms with E-state index in [9.17, 15) is 13.2 Å². The van der Waals surface area contributed by atoms with Crippen molar-refractivity contribution in [3.8, 4) is 0 Å². The first-order valence-electron chi connectivity index (χ1n) is 9.72. The van der Waals surface area contributed by atoms with E-state index in [2.05, 4.69) is 11.4 Å². The molecule has 0 aromatic heterocycles. The van der Waals surface area contributed by atoms with Crippen LogP contribution in [0.4, 0.5) is 0 Å². The summed E-state index contributed by atoms with van der Waals surface area (Å²) >= 11 is 6.13. The number of esters is 1. The largest absolute Gasteiger partial charge is 0.466 e.